The summed E-state index contributed by atoms with van der Waals surface area (Å²) >= 11 is 0. The highest BCUT2D eigenvalue weighted by Gasteiger charge is 2.32. The number of fused-ring (bicyclic) bond motifs is 4. The molecule has 0 aliphatic carbocycles. The number of aromatic nitrogens is 3. The van der Waals surface area contributed by atoms with Crippen molar-refractivity contribution < 1.29 is 22.7 Å². The lowest BCUT2D eigenvalue weighted by atomic mass is 9.87. The van der Waals surface area contributed by atoms with Gasteiger partial charge in [0.2, 0.25) is 11.8 Å². The molecule has 11 nitrogen and oxygen atoms in total. The van der Waals surface area contributed by atoms with Crippen LogP contribution in [0.2, 0.25) is 0 Å². The van der Waals surface area contributed by atoms with Crippen molar-refractivity contribution >= 4 is 27.6 Å². The van der Waals surface area contributed by atoms with Crippen molar-refractivity contribution in [2.45, 2.75) is 58.5 Å². The topological polar surface area (TPSA) is 127 Å². The highest BCUT2D eigenvalue weighted by Crippen LogP contribution is 2.32. The predicted octanol–water partition coefficient (Wildman–Crippen LogP) is 5.63. The number of hydrogen-bond acceptors (Lipinski definition) is 9. The van der Waals surface area contributed by atoms with Crippen LogP contribution in [-0.4, -0.2) is 73.1 Å². The van der Waals surface area contributed by atoms with Crippen molar-refractivity contribution in [3.63, 3.8) is 0 Å². The molecule has 2 aromatic heterocycles. The smallest absolute Gasteiger partial charge is 0.264 e. The highest BCUT2D eigenvalue weighted by molar-refractivity contribution is 7.92. The fraction of sp³-hybridized carbons (Fsp3) is 0.389. The van der Waals surface area contributed by atoms with Gasteiger partial charge in [-0.1, -0.05) is 45.0 Å². The van der Waals surface area contributed by atoms with E-state index >= 15 is 0 Å². The minimum Gasteiger partial charge on any atom is -0.475 e. The Morgan fingerprint density at radius 2 is 1.69 bits per heavy atom. The largest absolute Gasteiger partial charge is 0.475 e. The van der Waals surface area contributed by atoms with Gasteiger partial charge in [-0.15, -0.1) is 0 Å². The van der Waals surface area contributed by atoms with Crippen LogP contribution in [0.4, 0.5) is 11.6 Å². The maximum Gasteiger partial charge on any atom is 0.264 e. The first kappa shape index (κ1) is 33.4. The summed E-state index contributed by atoms with van der Waals surface area (Å²) in [7, 11) is -4.16. The second kappa shape index (κ2) is 13.5. The van der Waals surface area contributed by atoms with Crippen molar-refractivity contribution in [1.82, 2.24) is 19.9 Å². The van der Waals surface area contributed by atoms with E-state index in [0.717, 1.165) is 35.5 Å². The molecule has 48 heavy (non-hydrogen) atoms. The van der Waals surface area contributed by atoms with E-state index in [9.17, 15) is 13.2 Å². The third-order valence-corrected chi connectivity index (χ3v) is 9.87. The van der Waals surface area contributed by atoms with Crippen LogP contribution in [0, 0.1) is 19.3 Å². The van der Waals surface area contributed by atoms with E-state index in [1.165, 1.54) is 12.1 Å². The summed E-state index contributed by atoms with van der Waals surface area (Å²) in [5.74, 6) is -0.238. The fourth-order valence-corrected chi connectivity index (χ4v) is 7.23. The van der Waals surface area contributed by atoms with E-state index in [1.54, 1.807) is 23.1 Å². The molecular weight excluding hydrogens is 629 g/mol. The minimum atomic E-state index is -4.16. The van der Waals surface area contributed by atoms with E-state index in [4.69, 9.17) is 14.5 Å². The Balaban J connectivity index is 1.43. The molecule has 1 N–H and O–H groups in total. The van der Waals surface area contributed by atoms with Gasteiger partial charge < -0.3 is 19.3 Å². The van der Waals surface area contributed by atoms with Crippen molar-refractivity contribution in [1.29, 1.82) is 0 Å². The quantitative estimate of drug-likeness (QED) is 0.287. The van der Waals surface area contributed by atoms with E-state index < -0.39 is 16.1 Å². The minimum absolute atomic E-state index is 0.0727. The van der Waals surface area contributed by atoms with Gasteiger partial charge in [0.15, 0.2) is 0 Å². The Bertz CT molecular complexity index is 1880. The number of aryl methyl sites for hydroxylation is 2. The molecule has 0 saturated carbocycles. The molecule has 12 heteroatoms. The lowest BCUT2D eigenvalue weighted by Gasteiger charge is -2.35. The average molecular weight is 671 g/mol. The summed E-state index contributed by atoms with van der Waals surface area (Å²) in [5, 5.41) is 0. The monoisotopic (exact) mass is 670 g/mol. The Kier molecular flexibility index (Phi) is 9.39. The summed E-state index contributed by atoms with van der Waals surface area (Å²) in [5.41, 5.74) is 5.12. The molecule has 1 saturated heterocycles. The van der Waals surface area contributed by atoms with Crippen LogP contribution in [-0.2, 0) is 21.3 Å². The molecule has 4 aromatic rings. The third kappa shape index (κ3) is 7.60. The molecule has 1 atom stereocenters. The molecule has 6 rings (SSSR count). The normalized spacial score (nSPS) is 18.2. The van der Waals surface area contributed by atoms with E-state index in [0.29, 0.717) is 31.0 Å². The standard InChI is InChI=1S/C36H42N6O5S/c1-24-8-6-9-25(2)33(24)31-19-32-39-35(38-31)40-48(44,45)30-11-7-10-26(18-30)34(43)42(29(23-47-32)20-36(3,4)5)22-27-12-13-28(21-37-27)41-14-16-46-17-15-41/h6-13,18-19,21,29H,14-17,20,22-23H2,1-5H3,(H,38,39,40). The molecule has 1 amide bonds. The van der Waals surface area contributed by atoms with Crippen molar-refractivity contribution in [2.75, 3.05) is 42.5 Å². The number of amides is 1. The van der Waals surface area contributed by atoms with Gasteiger partial charge in [0, 0.05) is 30.3 Å². The SMILES string of the molecule is Cc1cccc(C)c1-c1cc2nc(n1)NS(=O)(=O)c1cccc(c1)C(=O)N(Cc1ccc(N3CCOCC3)cn1)C(CC(C)(C)C)CO2. The first-order valence-electron chi connectivity index (χ1n) is 16.2. The zero-order valence-corrected chi connectivity index (χ0v) is 28.9. The maximum absolute atomic E-state index is 14.4. The Morgan fingerprint density at radius 1 is 0.958 bits per heavy atom. The molecular formula is C36H42N6O5S. The van der Waals surface area contributed by atoms with Gasteiger partial charge in [-0.3, -0.25) is 9.78 Å². The first-order valence-corrected chi connectivity index (χ1v) is 17.6. The van der Waals surface area contributed by atoms with Gasteiger partial charge >= 0.3 is 0 Å². The number of anilines is 2. The summed E-state index contributed by atoms with van der Waals surface area (Å²) < 4.78 is 41.7. The predicted molar refractivity (Wildman–Crippen MR) is 185 cm³/mol. The number of benzene rings is 2. The van der Waals surface area contributed by atoms with Crippen LogP contribution in [0.1, 0.15) is 54.4 Å². The molecule has 1 unspecified atom stereocenters. The number of pyridine rings is 1. The molecule has 2 aliphatic rings. The number of ether oxygens (including phenoxy) is 2. The van der Waals surface area contributed by atoms with Gasteiger partial charge in [0.05, 0.1) is 54.0 Å². The zero-order valence-electron chi connectivity index (χ0n) is 28.1. The van der Waals surface area contributed by atoms with Crippen LogP contribution >= 0.6 is 0 Å². The number of rotatable bonds is 5. The van der Waals surface area contributed by atoms with E-state index in [-0.39, 0.29) is 46.8 Å². The first-order chi connectivity index (χ1) is 22.9. The number of carbonyl (C=O) groups is 1. The number of morpholine rings is 1. The van der Waals surface area contributed by atoms with Crippen LogP contribution in [0.25, 0.3) is 11.3 Å². The second-order valence-electron chi connectivity index (χ2n) is 13.6. The molecule has 2 aliphatic heterocycles. The molecule has 4 bridgehead atoms. The van der Waals surface area contributed by atoms with Gasteiger partial charge in [-0.05, 0) is 67.1 Å². The van der Waals surface area contributed by atoms with Gasteiger partial charge in [-0.25, -0.2) is 18.1 Å². The number of sulfonamides is 1. The molecule has 4 heterocycles. The van der Waals surface area contributed by atoms with Crippen molar-refractivity contribution in [3.05, 3.63) is 89.2 Å². The van der Waals surface area contributed by atoms with Crippen LogP contribution in [0.5, 0.6) is 5.88 Å². The Hall–Kier alpha value is -4.55. The maximum atomic E-state index is 14.4. The number of nitrogens with zero attached hydrogens (tertiary/aromatic N) is 5. The van der Waals surface area contributed by atoms with Crippen molar-refractivity contribution in [2.24, 2.45) is 5.41 Å². The van der Waals surface area contributed by atoms with Gasteiger partial charge in [0.1, 0.15) is 6.61 Å². The number of nitrogens with one attached hydrogen (secondary N) is 1. The zero-order chi connectivity index (χ0) is 34.1. The number of hydrogen-bond donors (Lipinski definition) is 1. The summed E-state index contributed by atoms with van der Waals surface area (Å²) in [6, 6.07) is 17.2. The third-order valence-electron chi connectivity index (χ3n) is 8.55. The van der Waals surface area contributed by atoms with Crippen LogP contribution in [0.3, 0.4) is 0 Å². The molecule has 2 aromatic carbocycles. The highest BCUT2D eigenvalue weighted by atomic mass is 32.2. The van der Waals surface area contributed by atoms with Crippen molar-refractivity contribution in [3.8, 4) is 17.1 Å². The Morgan fingerprint density at radius 3 is 2.38 bits per heavy atom. The fourth-order valence-electron chi connectivity index (χ4n) is 6.24. The molecule has 0 spiro atoms. The average Bonchev–Trinajstić information content (AvgIpc) is 3.05. The van der Waals surface area contributed by atoms with E-state index in [2.05, 4.69) is 40.4 Å². The van der Waals surface area contributed by atoms with Crippen LogP contribution in [0.15, 0.2) is 71.8 Å². The lowest BCUT2D eigenvalue weighted by Crippen LogP contribution is -2.45. The second-order valence-corrected chi connectivity index (χ2v) is 15.3. The molecule has 252 valence electrons. The number of carbonyl (C=O) groups excluding carboxylic acids is 1. The lowest BCUT2D eigenvalue weighted by molar-refractivity contribution is 0.0509. The van der Waals surface area contributed by atoms with Gasteiger partial charge in [-0.2, -0.15) is 4.98 Å². The molecule has 1 fully saturated rings. The van der Waals surface area contributed by atoms with Gasteiger partial charge in [0.25, 0.3) is 15.9 Å². The summed E-state index contributed by atoms with van der Waals surface area (Å²) in [4.78, 5) is 32.2. The van der Waals surface area contributed by atoms with E-state index in [1.807, 2.05) is 50.4 Å². The Labute approximate surface area is 282 Å². The summed E-state index contributed by atoms with van der Waals surface area (Å²) in [6.07, 6.45) is 2.43. The van der Waals surface area contributed by atoms with Crippen LogP contribution < -0.4 is 14.4 Å². The summed E-state index contributed by atoms with van der Waals surface area (Å²) in [6.45, 7) is 13.5. The molecule has 0 radical (unpaired) electrons.